The highest BCUT2D eigenvalue weighted by Gasteiger charge is 2.48. The Kier molecular flexibility index (Phi) is 16.1. The van der Waals surface area contributed by atoms with Crippen molar-refractivity contribution in [2.45, 2.75) is 77.2 Å². The van der Waals surface area contributed by atoms with Crippen LogP contribution in [0.4, 0.5) is 22.0 Å². The van der Waals surface area contributed by atoms with Crippen molar-refractivity contribution in [3.63, 3.8) is 0 Å². The van der Waals surface area contributed by atoms with E-state index in [0.29, 0.717) is 22.5 Å². The maximum Gasteiger partial charge on any atom is 0.407 e. The topological polar surface area (TPSA) is 183 Å². The average molecular weight is 652 g/mol. The van der Waals surface area contributed by atoms with E-state index in [4.69, 9.17) is 21.5 Å². The summed E-state index contributed by atoms with van der Waals surface area (Å²) in [5, 5.41) is 18.7. The molecule has 0 bridgehead atoms. The van der Waals surface area contributed by atoms with Crippen molar-refractivity contribution in [3.05, 3.63) is 47.6 Å². The lowest BCUT2D eigenvalue weighted by atomic mass is 9.86. The number of aliphatic hydroxyl groups is 1. The molecule has 0 aromatic carbocycles. The van der Waals surface area contributed by atoms with Gasteiger partial charge in [0.15, 0.2) is 6.86 Å². The van der Waals surface area contributed by atoms with Gasteiger partial charge in [-0.2, -0.15) is 22.7 Å². The molecule has 45 heavy (non-hydrogen) atoms. The molecule has 2 heterocycles. The lowest BCUT2D eigenvalue weighted by Crippen LogP contribution is -2.41. The maximum atomic E-state index is 15.5. The Morgan fingerprint density at radius 2 is 1.76 bits per heavy atom. The molecule has 2 saturated carbocycles. The Morgan fingerprint density at radius 1 is 1.22 bits per heavy atom. The Labute approximate surface area is 259 Å². The first-order valence-corrected chi connectivity index (χ1v) is 14.5. The summed E-state index contributed by atoms with van der Waals surface area (Å²) in [5.41, 5.74) is 10.7. The molecular weight excluding hydrogens is 605 g/mol. The lowest BCUT2D eigenvalue weighted by molar-refractivity contribution is -0.143. The van der Waals surface area contributed by atoms with E-state index in [1.54, 1.807) is 23.9 Å². The van der Waals surface area contributed by atoms with Crippen LogP contribution < -0.4 is 22.6 Å². The molecule has 0 aliphatic heterocycles. The Balaban J connectivity index is 0.00000134. The van der Waals surface area contributed by atoms with Crippen LogP contribution in [-0.4, -0.2) is 69.0 Å². The largest absolute Gasteiger partial charge is 0.407 e. The number of hydrazine groups is 1. The van der Waals surface area contributed by atoms with Crippen LogP contribution >= 0.6 is 0 Å². The van der Waals surface area contributed by atoms with Crippen molar-refractivity contribution in [2.75, 3.05) is 20.5 Å². The van der Waals surface area contributed by atoms with Crippen LogP contribution in [0.2, 0.25) is 0 Å². The SMILES string of the molecule is C=O.CCC(/C(=C/N)N(N)CC(F)(F)F)n1cc(C(NC(=O)c2ccnn2C(C)C)C(C2CC2)C2CC2)c(F)n1.CN.OCF. The van der Waals surface area contributed by atoms with Crippen LogP contribution in [0.5, 0.6) is 0 Å². The smallest absolute Gasteiger partial charge is 0.403 e. The van der Waals surface area contributed by atoms with E-state index in [-0.39, 0.29) is 35.5 Å². The standard InChI is InChI=1S/C25H36F4N8O.CH3FO.CH5N.CH2O/c1-4-18(20(11-30)35(31)13-25(27,28)29)36-12-17(23(26)34-36)22(21(15-5-6-15)16-7-8-16)33-24(38)19-9-10-32-37(19)14(2)3;2-1-3;2*1-2/h9-12,14-16,18,21-22H,4-8,13,30-31H2,1-3H3,(H,33,38);3H,1H2;2H2,1H3;1H2/b20-11-;;;. The summed E-state index contributed by atoms with van der Waals surface area (Å²) in [5.74, 6) is 5.30. The number of aliphatic hydroxyl groups excluding tert-OH is 1. The number of carbonyl (C=O) groups excluding carboxylic acids is 2. The summed E-state index contributed by atoms with van der Waals surface area (Å²) in [6.07, 6.45) is 3.73. The zero-order valence-corrected chi connectivity index (χ0v) is 26.1. The molecule has 0 saturated heterocycles. The number of aromatic nitrogens is 4. The van der Waals surface area contributed by atoms with Crippen LogP contribution in [0, 0.1) is 23.7 Å². The van der Waals surface area contributed by atoms with Gasteiger partial charge in [0.05, 0.1) is 17.8 Å². The maximum absolute atomic E-state index is 15.5. The first-order chi connectivity index (χ1) is 21.4. The Bertz CT molecular complexity index is 1180. The quantitative estimate of drug-likeness (QED) is 0.130. The molecule has 2 aromatic heterocycles. The van der Waals surface area contributed by atoms with E-state index in [1.807, 2.05) is 20.6 Å². The van der Waals surface area contributed by atoms with E-state index >= 15 is 4.39 Å². The third-order valence-corrected chi connectivity index (χ3v) is 7.34. The third-order valence-electron chi connectivity index (χ3n) is 7.34. The molecule has 2 aromatic rings. The molecule has 2 aliphatic carbocycles. The van der Waals surface area contributed by atoms with Crippen LogP contribution in [-0.2, 0) is 4.79 Å². The van der Waals surface area contributed by atoms with E-state index in [0.717, 1.165) is 31.9 Å². The molecule has 2 fully saturated rings. The molecule has 2 aliphatic rings. The first kappa shape index (κ1) is 39.5. The normalized spacial score (nSPS) is 16.0. The van der Waals surface area contributed by atoms with Gasteiger partial charge >= 0.3 is 6.18 Å². The van der Waals surface area contributed by atoms with Gasteiger partial charge in [-0.25, -0.2) is 10.2 Å². The minimum absolute atomic E-state index is 0.0300. The fourth-order valence-corrected chi connectivity index (χ4v) is 5.36. The molecule has 0 radical (unpaired) electrons. The van der Waals surface area contributed by atoms with E-state index in [1.165, 1.54) is 17.9 Å². The number of hydrogen-bond acceptors (Lipinski definition) is 9. The molecule has 2 atom stereocenters. The number of alkyl halides is 4. The van der Waals surface area contributed by atoms with Crippen molar-refractivity contribution in [1.82, 2.24) is 29.9 Å². The minimum atomic E-state index is -4.55. The van der Waals surface area contributed by atoms with Crippen LogP contribution in [0.1, 0.15) is 87.1 Å². The average Bonchev–Trinajstić information content (AvgIpc) is 3.92. The summed E-state index contributed by atoms with van der Waals surface area (Å²) in [6, 6.07) is 0.0829. The lowest BCUT2D eigenvalue weighted by Gasteiger charge is -2.29. The van der Waals surface area contributed by atoms with Crippen molar-refractivity contribution in [1.29, 1.82) is 0 Å². The van der Waals surface area contributed by atoms with Gasteiger partial charge in [-0.05, 0) is 76.8 Å². The van der Waals surface area contributed by atoms with Gasteiger partial charge < -0.3 is 31.7 Å². The monoisotopic (exact) mass is 651 g/mol. The number of carbonyl (C=O) groups is 2. The zero-order chi connectivity index (χ0) is 34.5. The minimum Gasteiger partial charge on any atom is -0.403 e. The van der Waals surface area contributed by atoms with Gasteiger partial charge in [-0.15, -0.1) is 5.10 Å². The van der Waals surface area contributed by atoms with Gasteiger partial charge in [-0.1, -0.05) is 6.92 Å². The molecular formula is C28H46F5N9O3. The highest BCUT2D eigenvalue weighted by Crippen LogP contribution is 2.54. The number of hydrogen-bond donors (Lipinski definition) is 5. The Morgan fingerprint density at radius 3 is 2.18 bits per heavy atom. The predicted molar refractivity (Wildman–Crippen MR) is 158 cm³/mol. The number of nitrogens with two attached hydrogens (primary N) is 3. The first-order valence-electron chi connectivity index (χ1n) is 14.5. The number of halogens is 5. The molecule has 8 N–H and O–H groups in total. The second-order valence-electron chi connectivity index (χ2n) is 10.7. The summed E-state index contributed by atoms with van der Waals surface area (Å²) in [7, 11) is 1.50. The molecule has 256 valence electrons. The van der Waals surface area contributed by atoms with Gasteiger partial charge in [0.2, 0.25) is 5.95 Å². The van der Waals surface area contributed by atoms with E-state index < -0.39 is 37.6 Å². The van der Waals surface area contributed by atoms with Crippen LogP contribution in [0.15, 0.2) is 30.4 Å². The second kappa shape index (κ2) is 18.4. The fourth-order valence-electron chi connectivity index (χ4n) is 5.36. The number of nitrogens with zero attached hydrogens (tertiary/aromatic N) is 5. The number of allylic oxidation sites excluding steroid dienone is 1. The molecule has 2 unspecified atom stereocenters. The summed E-state index contributed by atoms with van der Waals surface area (Å²) < 4.78 is 67.3. The molecule has 17 heteroatoms. The van der Waals surface area contributed by atoms with Crippen molar-refractivity contribution < 1.29 is 36.6 Å². The summed E-state index contributed by atoms with van der Waals surface area (Å²) >= 11 is 0. The summed E-state index contributed by atoms with van der Waals surface area (Å²) in [6.45, 7) is 4.87. The third kappa shape index (κ3) is 11.1. The second-order valence-corrected chi connectivity index (χ2v) is 10.7. The molecule has 0 spiro atoms. The highest BCUT2D eigenvalue weighted by molar-refractivity contribution is 5.92. The highest BCUT2D eigenvalue weighted by atomic mass is 19.4. The molecule has 12 nitrogen and oxygen atoms in total. The number of nitrogens with one attached hydrogen (secondary N) is 1. The van der Waals surface area contributed by atoms with Gasteiger partial charge in [0.25, 0.3) is 5.91 Å². The van der Waals surface area contributed by atoms with Crippen LogP contribution in [0.3, 0.4) is 0 Å². The fraction of sp³-hybridized carbons (Fsp3) is 0.643. The van der Waals surface area contributed by atoms with Crippen molar-refractivity contribution >= 4 is 12.7 Å². The molecule has 1 amide bonds. The number of rotatable bonds is 12. The van der Waals surface area contributed by atoms with Gasteiger partial charge in [0.1, 0.15) is 19.0 Å². The predicted octanol–water partition coefficient (Wildman–Crippen LogP) is 3.49. The van der Waals surface area contributed by atoms with Crippen molar-refractivity contribution in [3.8, 4) is 0 Å². The van der Waals surface area contributed by atoms with Crippen molar-refractivity contribution in [2.24, 2.45) is 35.1 Å². The number of amides is 1. The van der Waals surface area contributed by atoms with Gasteiger partial charge in [-0.3, -0.25) is 14.2 Å². The van der Waals surface area contributed by atoms with E-state index in [9.17, 15) is 22.4 Å². The van der Waals surface area contributed by atoms with Crippen LogP contribution in [0.25, 0.3) is 0 Å². The zero-order valence-electron chi connectivity index (χ0n) is 26.1. The summed E-state index contributed by atoms with van der Waals surface area (Å²) in [4.78, 5) is 21.4. The van der Waals surface area contributed by atoms with E-state index in [2.05, 4.69) is 21.2 Å². The van der Waals surface area contributed by atoms with Gasteiger partial charge in [0, 0.05) is 30.2 Å². The molecule has 4 rings (SSSR count). The Hall–Kier alpha value is -3.57.